The van der Waals surface area contributed by atoms with Crippen molar-refractivity contribution >= 4 is 11.8 Å². The van der Waals surface area contributed by atoms with E-state index in [1.54, 1.807) is 4.90 Å². The van der Waals surface area contributed by atoms with Crippen molar-refractivity contribution < 1.29 is 14.3 Å². The van der Waals surface area contributed by atoms with Gasteiger partial charge in [0, 0.05) is 39.3 Å². The van der Waals surface area contributed by atoms with E-state index in [1.165, 1.54) is 18.0 Å². The number of nitrogens with two attached hydrogens (primary N) is 1. The molecule has 0 bridgehead atoms. The second-order valence-electron chi connectivity index (χ2n) is 5.12. The first-order valence-electron chi connectivity index (χ1n) is 6.93. The van der Waals surface area contributed by atoms with Crippen molar-refractivity contribution in [2.45, 2.75) is 33.0 Å². The zero-order valence-corrected chi connectivity index (χ0v) is 12.7. The molecule has 1 fully saturated rings. The van der Waals surface area contributed by atoms with Crippen LogP contribution in [0.25, 0.3) is 0 Å². The zero-order valence-electron chi connectivity index (χ0n) is 12.7. The van der Waals surface area contributed by atoms with Crippen LogP contribution in [-0.2, 0) is 14.3 Å². The minimum absolute atomic E-state index is 0.0695. The molecular weight excluding hydrogens is 272 g/mol. The maximum atomic E-state index is 12.4. The highest BCUT2D eigenvalue weighted by Gasteiger charge is 2.28. The summed E-state index contributed by atoms with van der Waals surface area (Å²) >= 11 is 0. The third kappa shape index (κ3) is 4.85. The molecular formula is C14H22N4O3. The highest BCUT2D eigenvalue weighted by molar-refractivity contribution is 5.97. The highest BCUT2D eigenvalue weighted by atomic mass is 16.5. The molecule has 0 aromatic carbocycles. The van der Waals surface area contributed by atoms with Crippen molar-refractivity contribution in [3.8, 4) is 6.07 Å². The Kier molecular flexibility index (Phi) is 6.34. The van der Waals surface area contributed by atoms with Crippen molar-refractivity contribution in [1.29, 1.82) is 5.26 Å². The summed E-state index contributed by atoms with van der Waals surface area (Å²) in [4.78, 5) is 26.7. The summed E-state index contributed by atoms with van der Waals surface area (Å²) in [6.07, 6.45) is 1.12. The first-order valence-corrected chi connectivity index (χ1v) is 6.93. The van der Waals surface area contributed by atoms with E-state index < -0.39 is 0 Å². The molecule has 0 radical (unpaired) electrons. The number of morpholine rings is 1. The second-order valence-corrected chi connectivity index (χ2v) is 5.12. The van der Waals surface area contributed by atoms with E-state index in [1.807, 2.05) is 19.9 Å². The van der Waals surface area contributed by atoms with E-state index >= 15 is 0 Å². The molecule has 1 aliphatic heterocycles. The Bertz CT molecular complexity index is 459. The van der Waals surface area contributed by atoms with Crippen molar-refractivity contribution in [2.75, 3.05) is 26.2 Å². The van der Waals surface area contributed by atoms with Crippen LogP contribution in [0.4, 0.5) is 0 Å². The van der Waals surface area contributed by atoms with Crippen LogP contribution in [0.15, 0.2) is 11.8 Å². The second kappa shape index (κ2) is 7.76. The maximum Gasteiger partial charge on any atom is 0.266 e. The molecule has 0 aromatic heterocycles. The number of nitrogens with zero attached hydrogens (tertiary/aromatic N) is 3. The van der Waals surface area contributed by atoms with Gasteiger partial charge in [-0.25, -0.2) is 0 Å². The van der Waals surface area contributed by atoms with Gasteiger partial charge in [0.05, 0.1) is 12.2 Å². The van der Waals surface area contributed by atoms with Gasteiger partial charge in [-0.1, -0.05) is 0 Å². The number of carbonyl (C=O) groups is 2. The van der Waals surface area contributed by atoms with Crippen LogP contribution in [0.2, 0.25) is 0 Å². The van der Waals surface area contributed by atoms with E-state index in [0.717, 1.165) is 0 Å². The van der Waals surface area contributed by atoms with Crippen LogP contribution >= 0.6 is 0 Å². The minimum Gasteiger partial charge on any atom is -0.372 e. The van der Waals surface area contributed by atoms with Gasteiger partial charge in [0.25, 0.3) is 5.91 Å². The van der Waals surface area contributed by atoms with Crippen molar-refractivity contribution in [3.05, 3.63) is 11.8 Å². The Balaban J connectivity index is 2.90. The van der Waals surface area contributed by atoms with Crippen molar-refractivity contribution in [3.63, 3.8) is 0 Å². The Morgan fingerprint density at radius 1 is 1.43 bits per heavy atom. The summed E-state index contributed by atoms with van der Waals surface area (Å²) in [5, 5.41) is 9.19. The predicted octanol–water partition coefficient (Wildman–Crippen LogP) is -0.163. The van der Waals surface area contributed by atoms with E-state index in [0.29, 0.717) is 13.1 Å². The molecule has 116 valence electrons. The number of ether oxygens (including phenoxy) is 1. The molecule has 2 N–H and O–H groups in total. The molecule has 1 saturated heterocycles. The number of rotatable bonds is 4. The fourth-order valence-corrected chi connectivity index (χ4v) is 2.25. The van der Waals surface area contributed by atoms with Gasteiger partial charge in [0.2, 0.25) is 5.91 Å². The average Bonchev–Trinajstić information content (AvgIpc) is 2.41. The van der Waals surface area contributed by atoms with Gasteiger partial charge >= 0.3 is 0 Å². The summed E-state index contributed by atoms with van der Waals surface area (Å²) in [6, 6.07) is 1.87. The molecule has 1 heterocycles. The Morgan fingerprint density at radius 3 is 2.43 bits per heavy atom. The van der Waals surface area contributed by atoms with Crippen LogP contribution in [0.1, 0.15) is 20.8 Å². The number of carbonyl (C=O) groups excluding carboxylic acids is 2. The molecule has 2 amide bonds. The summed E-state index contributed by atoms with van der Waals surface area (Å²) in [7, 11) is 0. The lowest BCUT2D eigenvalue weighted by Gasteiger charge is -2.35. The Labute approximate surface area is 124 Å². The van der Waals surface area contributed by atoms with Gasteiger partial charge in [-0.15, -0.1) is 0 Å². The lowest BCUT2D eigenvalue weighted by Crippen LogP contribution is -2.48. The van der Waals surface area contributed by atoms with Crippen LogP contribution in [0.3, 0.4) is 0 Å². The lowest BCUT2D eigenvalue weighted by atomic mass is 10.2. The number of hydrogen-bond donors (Lipinski definition) is 1. The number of nitriles is 1. The molecule has 0 aromatic rings. The van der Waals surface area contributed by atoms with Crippen LogP contribution in [0, 0.1) is 11.3 Å². The number of hydrogen-bond acceptors (Lipinski definition) is 5. The summed E-state index contributed by atoms with van der Waals surface area (Å²) in [6.45, 7) is 6.51. The first-order chi connectivity index (χ1) is 9.88. The van der Waals surface area contributed by atoms with E-state index in [4.69, 9.17) is 10.5 Å². The van der Waals surface area contributed by atoms with Crippen LogP contribution in [0.5, 0.6) is 0 Å². The predicted molar refractivity (Wildman–Crippen MR) is 76.7 cm³/mol. The van der Waals surface area contributed by atoms with E-state index in [-0.39, 0.29) is 42.7 Å². The molecule has 1 rings (SSSR count). The average molecular weight is 294 g/mol. The van der Waals surface area contributed by atoms with E-state index in [9.17, 15) is 14.9 Å². The largest absolute Gasteiger partial charge is 0.372 e. The normalized spacial score (nSPS) is 22.6. The third-order valence-corrected chi connectivity index (χ3v) is 3.12. The molecule has 2 unspecified atom stereocenters. The Morgan fingerprint density at radius 2 is 2.00 bits per heavy atom. The monoisotopic (exact) mass is 294 g/mol. The lowest BCUT2D eigenvalue weighted by molar-refractivity contribution is -0.138. The van der Waals surface area contributed by atoms with Crippen molar-refractivity contribution in [2.24, 2.45) is 5.73 Å². The SMILES string of the molecule is CC(=O)N(/C=C(/C#N)C(=O)N1CC(C)OC(C)C1)CCN. The van der Waals surface area contributed by atoms with Gasteiger partial charge in [0.1, 0.15) is 11.6 Å². The molecule has 7 nitrogen and oxygen atoms in total. The Hall–Kier alpha value is -1.91. The molecule has 21 heavy (non-hydrogen) atoms. The molecule has 2 atom stereocenters. The van der Waals surface area contributed by atoms with Gasteiger partial charge in [-0.05, 0) is 13.8 Å². The summed E-state index contributed by atoms with van der Waals surface area (Å²) in [5.74, 6) is -0.646. The van der Waals surface area contributed by atoms with Crippen molar-refractivity contribution in [1.82, 2.24) is 9.80 Å². The van der Waals surface area contributed by atoms with Gasteiger partial charge in [-0.2, -0.15) is 5.26 Å². The zero-order chi connectivity index (χ0) is 16.0. The standard InChI is InChI=1S/C14H22N4O3/c1-10-7-18(8-11(2)21-10)14(20)13(6-16)9-17(5-4-15)12(3)19/h9-11H,4-5,7-8,15H2,1-3H3/b13-9-. The van der Waals surface area contributed by atoms with Gasteiger partial charge < -0.3 is 20.3 Å². The quantitative estimate of drug-likeness (QED) is 0.573. The fourth-order valence-electron chi connectivity index (χ4n) is 2.25. The maximum absolute atomic E-state index is 12.4. The highest BCUT2D eigenvalue weighted by Crippen LogP contribution is 2.14. The molecule has 7 heteroatoms. The first kappa shape index (κ1) is 17.1. The number of amides is 2. The summed E-state index contributed by atoms with van der Waals surface area (Å²) < 4.78 is 5.56. The third-order valence-electron chi connectivity index (χ3n) is 3.12. The van der Waals surface area contributed by atoms with Gasteiger partial charge in [-0.3, -0.25) is 9.59 Å². The summed E-state index contributed by atoms with van der Waals surface area (Å²) in [5.41, 5.74) is 5.35. The van der Waals surface area contributed by atoms with Crippen LogP contribution < -0.4 is 5.73 Å². The topological polar surface area (TPSA) is 99.7 Å². The molecule has 0 saturated carbocycles. The molecule has 0 aliphatic carbocycles. The fraction of sp³-hybridized carbons (Fsp3) is 0.643. The molecule has 0 spiro atoms. The van der Waals surface area contributed by atoms with E-state index in [2.05, 4.69) is 0 Å². The smallest absolute Gasteiger partial charge is 0.266 e. The van der Waals surface area contributed by atoms with Gasteiger partial charge in [0.15, 0.2) is 0 Å². The van der Waals surface area contributed by atoms with Crippen LogP contribution in [-0.4, -0.2) is 60.0 Å². The minimum atomic E-state index is -0.386. The molecule has 1 aliphatic rings.